The van der Waals surface area contributed by atoms with Gasteiger partial charge in [0.05, 0.1) is 0 Å². The molecule has 3 rings (SSSR count). The van der Waals surface area contributed by atoms with Gasteiger partial charge in [0, 0.05) is 51.0 Å². The van der Waals surface area contributed by atoms with Crippen LogP contribution in [0.3, 0.4) is 0 Å². The Morgan fingerprint density at radius 3 is 2.66 bits per heavy atom. The zero-order chi connectivity index (χ0) is 22.9. The van der Waals surface area contributed by atoms with E-state index in [1.807, 2.05) is 36.9 Å². The van der Waals surface area contributed by atoms with Gasteiger partial charge in [-0.25, -0.2) is 8.78 Å². The number of benzene rings is 2. The van der Waals surface area contributed by atoms with Gasteiger partial charge in [0.1, 0.15) is 0 Å². The molecule has 0 radical (unpaired) electrons. The van der Waals surface area contributed by atoms with E-state index in [2.05, 4.69) is 27.8 Å². The highest BCUT2D eigenvalue weighted by Gasteiger charge is 2.29. The first-order chi connectivity index (χ1) is 15.5. The fraction of sp³-hybridized carbons (Fsp3) is 0.440. The van der Waals surface area contributed by atoms with Gasteiger partial charge in [-0.3, -0.25) is 9.79 Å². The van der Waals surface area contributed by atoms with E-state index in [0.717, 1.165) is 25.6 Å². The maximum absolute atomic E-state index is 13.5. The monoisotopic (exact) mass is 442 g/mol. The molecule has 2 N–H and O–H groups in total. The van der Waals surface area contributed by atoms with Gasteiger partial charge in [0.2, 0.25) is 5.91 Å². The lowest BCUT2D eigenvalue weighted by molar-refractivity contribution is -0.127. The highest BCUT2D eigenvalue weighted by molar-refractivity contribution is 5.81. The average Bonchev–Trinajstić information content (AvgIpc) is 3.16. The zero-order valence-corrected chi connectivity index (χ0v) is 18.8. The summed E-state index contributed by atoms with van der Waals surface area (Å²) in [7, 11) is 0. The number of aliphatic imine (C=N–C) groups is 1. The van der Waals surface area contributed by atoms with Gasteiger partial charge in [0.25, 0.3) is 0 Å². The van der Waals surface area contributed by atoms with Crippen molar-refractivity contribution in [3.05, 3.63) is 71.3 Å². The number of guanidine groups is 1. The van der Waals surface area contributed by atoms with Crippen molar-refractivity contribution in [1.29, 1.82) is 0 Å². The van der Waals surface area contributed by atoms with Crippen molar-refractivity contribution in [2.75, 3.05) is 32.7 Å². The summed E-state index contributed by atoms with van der Waals surface area (Å²) in [5, 5.41) is 6.54. The van der Waals surface area contributed by atoms with E-state index in [1.54, 1.807) is 6.07 Å². The number of rotatable bonds is 9. The molecule has 32 heavy (non-hydrogen) atoms. The Balaban J connectivity index is 1.49. The third kappa shape index (κ3) is 6.77. The first-order valence-electron chi connectivity index (χ1n) is 11.2. The van der Waals surface area contributed by atoms with Crippen molar-refractivity contribution < 1.29 is 13.6 Å². The molecular weight excluding hydrogens is 410 g/mol. The Bertz CT molecular complexity index is 919. The minimum Gasteiger partial charge on any atom is -0.357 e. The van der Waals surface area contributed by atoms with Crippen LogP contribution >= 0.6 is 0 Å². The molecule has 1 aliphatic rings. The molecule has 0 bridgehead atoms. The predicted octanol–water partition coefficient (Wildman–Crippen LogP) is 3.71. The molecule has 2 aromatic rings. The fourth-order valence-corrected chi connectivity index (χ4v) is 3.85. The second-order valence-electron chi connectivity index (χ2n) is 8.32. The van der Waals surface area contributed by atoms with E-state index in [1.165, 1.54) is 11.6 Å². The number of carbonyl (C=O) groups is 1. The Morgan fingerprint density at radius 1 is 1.16 bits per heavy atom. The lowest BCUT2D eigenvalue weighted by Crippen LogP contribution is -2.40. The van der Waals surface area contributed by atoms with Crippen molar-refractivity contribution in [3.8, 4) is 0 Å². The first-order valence-corrected chi connectivity index (χ1v) is 11.2. The minimum absolute atomic E-state index is 0.0536. The van der Waals surface area contributed by atoms with E-state index < -0.39 is 11.6 Å². The molecule has 2 atom stereocenters. The normalized spacial score (nSPS) is 17.5. The van der Waals surface area contributed by atoms with E-state index in [-0.39, 0.29) is 17.7 Å². The van der Waals surface area contributed by atoms with Gasteiger partial charge in [-0.15, -0.1) is 0 Å². The first kappa shape index (κ1) is 23.7. The summed E-state index contributed by atoms with van der Waals surface area (Å²) < 4.78 is 26.7. The molecule has 1 saturated heterocycles. The van der Waals surface area contributed by atoms with Gasteiger partial charge in [0.15, 0.2) is 17.6 Å². The summed E-state index contributed by atoms with van der Waals surface area (Å²) >= 11 is 0. The number of nitrogens with one attached hydrogen (secondary N) is 2. The maximum Gasteiger partial charge on any atom is 0.223 e. The fourth-order valence-electron chi connectivity index (χ4n) is 3.85. The van der Waals surface area contributed by atoms with Gasteiger partial charge in [-0.1, -0.05) is 43.3 Å². The molecule has 172 valence electrons. The summed E-state index contributed by atoms with van der Waals surface area (Å²) in [6, 6.07) is 14.2. The molecule has 7 heteroatoms. The second kappa shape index (κ2) is 11.6. The van der Waals surface area contributed by atoms with Gasteiger partial charge >= 0.3 is 0 Å². The lowest BCUT2D eigenvalue weighted by Gasteiger charge is -2.18. The van der Waals surface area contributed by atoms with Crippen LogP contribution in [0.5, 0.6) is 0 Å². The summed E-state index contributed by atoms with van der Waals surface area (Å²) in [6.45, 7) is 7.19. The van der Waals surface area contributed by atoms with Crippen LogP contribution in [0.1, 0.15) is 37.3 Å². The molecule has 0 spiro atoms. The number of nitrogens with zero attached hydrogens (tertiary/aromatic N) is 2. The molecule has 5 nitrogen and oxygen atoms in total. The minimum atomic E-state index is -0.844. The van der Waals surface area contributed by atoms with E-state index >= 15 is 0 Å². The van der Waals surface area contributed by atoms with Crippen LogP contribution in [0.4, 0.5) is 8.78 Å². The number of carbonyl (C=O) groups excluding carboxylic acids is 1. The van der Waals surface area contributed by atoms with Crippen LogP contribution < -0.4 is 10.6 Å². The molecule has 0 saturated carbocycles. The topological polar surface area (TPSA) is 56.7 Å². The molecule has 1 fully saturated rings. The Morgan fingerprint density at radius 2 is 1.94 bits per heavy atom. The van der Waals surface area contributed by atoms with Crippen molar-refractivity contribution in [3.63, 3.8) is 0 Å². The largest absolute Gasteiger partial charge is 0.357 e. The third-order valence-corrected chi connectivity index (χ3v) is 5.75. The summed E-state index contributed by atoms with van der Waals surface area (Å²) in [4.78, 5) is 18.9. The maximum atomic E-state index is 13.5. The number of halogens is 2. The quantitative estimate of drug-likeness (QED) is 0.460. The van der Waals surface area contributed by atoms with Gasteiger partial charge in [-0.2, -0.15) is 0 Å². The van der Waals surface area contributed by atoms with E-state index in [9.17, 15) is 13.6 Å². The highest BCUT2D eigenvalue weighted by Crippen LogP contribution is 2.19. The number of likely N-dealkylation sites (tertiary alicyclic amines) is 1. The summed E-state index contributed by atoms with van der Waals surface area (Å²) in [6.07, 6.45) is 1.39. The Kier molecular flexibility index (Phi) is 8.59. The van der Waals surface area contributed by atoms with Crippen LogP contribution in [-0.4, -0.2) is 49.5 Å². The average molecular weight is 443 g/mol. The SMILES string of the molecule is CCNC(=NCC(C)c1ccc(F)c(F)c1)NCC1CC(=O)N(CCc2ccccc2)C1. The van der Waals surface area contributed by atoms with Crippen LogP contribution in [0.25, 0.3) is 0 Å². The lowest BCUT2D eigenvalue weighted by atomic mass is 10.0. The van der Waals surface area contributed by atoms with Crippen molar-refractivity contribution in [2.24, 2.45) is 10.9 Å². The molecular formula is C25H32F2N4O. The summed E-state index contributed by atoms with van der Waals surface area (Å²) in [5.41, 5.74) is 1.94. The number of hydrogen-bond acceptors (Lipinski definition) is 2. The van der Waals surface area contributed by atoms with E-state index in [0.29, 0.717) is 37.6 Å². The van der Waals surface area contributed by atoms with Crippen molar-refractivity contribution in [1.82, 2.24) is 15.5 Å². The number of hydrogen-bond donors (Lipinski definition) is 2. The molecule has 2 unspecified atom stereocenters. The van der Waals surface area contributed by atoms with Crippen LogP contribution in [0, 0.1) is 17.6 Å². The Labute approximate surface area is 188 Å². The highest BCUT2D eigenvalue weighted by atomic mass is 19.2. The van der Waals surface area contributed by atoms with Crippen LogP contribution in [0.15, 0.2) is 53.5 Å². The van der Waals surface area contributed by atoms with Gasteiger partial charge in [-0.05, 0) is 36.6 Å². The molecule has 1 aliphatic heterocycles. The van der Waals surface area contributed by atoms with Crippen molar-refractivity contribution in [2.45, 2.75) is 32.6 Å². The smallest absolute Gasteiger partial charge is 0.223 e. The van der Waals surface area contributed by atoms with E-state index in [4.69, 9.17) is 0 Å². The van der Waals surface area contributed by atoms with Gasteiger partial charge < -0.3 is 15.5 Å². The van der Waals surface area contributed by atoms with Crippen molar-refractivity contribution >= 4 is 11.9 Å². The summed E-state index contributed by atoms with van der Waals surface area (Å²) in [5.74, 6) is -0.652. The molecule has 1 heterocycles. The molecule has 1 amide bonds. The second-order valence-corrected chi connectivity index (χ2v) is 8.32. The standard InChI is InChI=1S/C25H32F2N4O/c1-3-28-25(29-15-18(2)21-9-10-22(26)23(27)14-21)30-16-20-13-24(32)31(17-20)12-11-19-7-5-4-6-8-19/h4-10,14,18,20H,3,11-13,15-17H2,1-2H3,(H2,28,29,30). The van der Waals surface area contributed by atoms with Crippen LogP contribution in [0.2, 0.25) is 0 Å². The molecule has 0 aromatic heterocycles. The zero-order valence-electron chi connectivity index (χ0n) is 18.8. The number of amides is 1. The predicted molar refractivity (Wildman–Crippen MR) is 124 cm³/mol. The molecule has 2 aromatic carbocycles. The van der Waals surface area contributed by atoms with Crippen LogP contribution in [-0.2, 0) is 11.2 Å². The Hall–Kier alpha value is -2.96. The molecule has 0 aliphatic carbocycles. The third-order valence-electron chi connectivity index (χ3n) is 5.75.